The maximum Gasteiger partial charge on any atom is 0.331 e. The summed E-state index contributed by atoms with van der Waals surface area (Å²) in [5.74, 6) is -1.65. The third kappa shape index (κ3) is 3.93. The van der Waals surface area contributed by atoms with Gasteiger partial charge in [-0.3, -0.25) is 9.10 Å². The van der Waals surface area contributed by atoms with Crippen molar-refractivity contribution in [3.8, 4) is 0 Å². The number of benzene rings is 1. The Kier molecular flexibility index (Phi) is 5.38. The molecule has 138 valence electrons. The Balaban J connectivity index is 2.26. The molecule has 9 heteroatoms. The van der Waals surface area contributed by atoms with Gasteiger partial charge in [-0.05, 0) is 44.0 Å². The van der Waals surface area contributed by atoms with Crippen LogP contribution in [0.5, 0.6) is 0 Å². The van der Waals surface area contributed by atoms with E-state index in [0.29, 0.717) is 24.2 Å². The normalized spacial score (nSPS) is 18.6. The first kappa shape index (κ1) is 19.2. The smallest absolute Gasteiger partial charge is 0.331 e. The van der Waals surface area contributed by atoms with E-state index in [1.807, 2.05) is 0 Å². The van der Waals surface area contributed by atoms with Crippen LogP contribution in [0.25, 0.3) is 0 Å². The van der Waals surface area contributed by atoms with Gasteiger partial charge in [-0.2, -0.15) is 0 Å². The van der Waals surface area contributed by atoms with Gasteiger partial charge >= 0.3 is 5.97 Å². The van der Waals surface area contributed by atoms with Crippen LogP contribution in [-0.2, 0) is 19.6 Å². The molecule has 0 radical (unpaired) electrons. The number of nitrogens with one attached hydrogen (secondary N) is 1. The van der Waals surface area contributed by atoms with Crippen molar-refractivity contribution < 1.29 is 27.9 Å². The zero-order valence-electron chi connectivity index (χ0n) is 14.4. The van der Waals surface area contributed by atoms with Crippen LogP contribution >= 0.6 is 0 Å². The highest BCUT2D eigenvalue weighted by atomic mass is 32.2. The van der Waals surface area contributed by atoms with E-state index in [1.54, 1.807) is 19.1 Å². The van der Waals surface area contributed by atoms with Gasteiger partial charge < -0.3 is 15.2 Å². The van der Waals surface area contributed by atoms with Crippen LogP contribution < -0.4 is 9.62 Å². The molecule has 0 aromatic heterocycles. The molecule has 1 amide bonds. The highest BCUT2D eigenvalue weighted by Gasteiger charge is 2.36. The number of aliphatic carboxylic acids is 1. The molecule has 1 aliphatic heterocycles. The van der Waals surface area contributed by atoms with Crippen molar-refractivity contribution in [2.75, 3.05) is 30.3 Å². The predicted octanol–water partition coefficient (Wildman–Crippen LogP) is 0.754. The van der Waals surface area contributed by atoms with Crippen LogP contribution in [0.3, 0.4) is 0 Å². The minimum absolute atomic E-state index is 0.113. The fraction of sp³-hybridized carbons (Fsp3) is 0.500. The number of ether oxygens (including phenoxy) is 1. The summed E-state index contributed by atoms with van der Waals surface area (Å²) in [5.41, 5.74) is -0.217. The fourth-order valence-corrected chi connectivity index (χ4v) is 4.30. The summed E-state index contributed by atoms with van der Waals surface area (Å²) in [5, 5.41) is 11.8. The number of carbonyl (C=O) groups excluding carboxylic acids is 1. The quantitative estimate of drug-likeness (QED) is 0.764. The van der Waals surface area contributed by atoms with Crippen molar-refractivity contribution >= 4 is 27.6 Å². The molecule has 0 saturated carbocycles. The molecule has 1 fully saturated rings. The topological polar surface area (TPSA) is 113 Å². The number of rotatable bonds is 6. The Labute approximate surface area is 146 Å². The first-order valence-corrected chi connectivity index (χ1v) is 9.37. The summed E-state index contributed by atoms with van der Waals surface area (Å²) in [6.45, 7) is 3.27. The van der Waals surface area contributed by atoms with Gasteiger partial charge in [0.2, 0.25) is 10.0 Å². The minimum atomic E-state index is -3.30. The number of aryl methyl sites for hydroxylation is 1. The highest BCUT2D eigenvalue weighted by Crippen LogP contribution is 2.26. The Bertz CT molecular complexity index is 792. The molecular weight excluding hydrogens is 348 g/mol. The fourth-order valence-electron chi connectivity index (χ4n) is 2.75. The lowest BCUT2D eigenvalue weighted by molar-refractivity contribution is -0.145. The molecule has 8 nitrogen and oxygen atoms in total. The summed E-state index contributed by atoms with van der Waals surface area (Å²) in [4.78, 5) is 23.9. The molecule has 1 aromatic carbocycles. The summed E-state index contributed by atoms with van der Waals surface area (Å²) in [6.07, 6.45) is 0.567. The molecule has 25 heavy (non-hydrogen) atoms. The number of nitrogens with zero attached hydrogens (tertiary/aromatic N) is 1. The Hall–Kier alpha value is -2.13. The molecule has 1 aromatic rings. The number of carboxylic acids is 1. The lowest BCUT2D eigenvalue weighted by Gasteiger charge is -2.26. The van der Waals surface area contributed by atoms with Gasteiger partial charge in [-0.25, -0.2) is 13.2 Å². The maximum absolute atomic E-state index is 12.5. The molecule has 2 N–H and O–H groups in total. The van der Waals surface area contributed by atoms with Crippen LogP contribution in [0.2, 0.25) is 0 Å². The van der Waals surface area contributed by atoms with Crippen molar-refractivity contribution in [2.45, 2.75) is 25.8 Å². The molecule has 1 unspecified atom stereocenters. The first-order chi connectivity index (χ1) is 11.6. The molecule has 1 atom stereocenters. The van der Waals surface area contributed by atoms with Gasteiger partial charge in [-0.15, -0.1) is 0 Å². The van der Waals surface area contributed by atoms with E-state index in [-0.39, 0.29) is 17.9 Å². The largest absolute Gasteiger partial charge is 0.479 e. The molecule has 0 bridgehead atoms. The van der Waals surface area contributed by atoms with Crippen molar-refractivity contribution in [1.82, 2.24) is 5.32 Å². The van der Waals surface area contributed by atoms with Crippen molar-refractivity contribution in [3.63, 3.8) is 0 Å². The van der Waals surface area contributed by atoms with E-state index < -0.39 is 27.4 Å². The molecular formula is C16H22N2O6S. The predicted molar refractivity (Wildman–Crippen MR) is 92.3 cm³/mol. The second-order valence-corrected chi connectivity index (χ2v) is 8.28. The Morgan fingerprint density at radius 2 is 2.08 bits per heavy atom. The number of methoxy groups -OCH3 is 1. The Morgan fingerprint density at radius 3 is 2.56 bits per heavy atom. The van der Waals surface area contributed by atoms with Crippen LogP contribution in [0.15, 0.2) is 18.2 Å². The molecule has 0 spiro atoms. The molecule has 1 heterocycles. The number of hydrogen-bond donors (Lipinski definition) is 2. The zero-order valence-corrected chi connectivity index (χ0v) is 15.2. The number of hydrogen-bond acceptors (Lipinski definition) is 5. The summed E-state index contributed by atoms with van der Waals surface area (Å²) in [6, 6.07) is 4.67. The van der Waals surface area contributed by atoms with E-state index in [9.17, 15) is 23.1 Å². The third-order valence-electron chi connectivity index (χ3n) is 4.14. The second kappa shape index (κ2) is 7.01. The maximum atomic E-state index is 12.5. The standard InChI is InChI=1S/C16H22N2O6S/c1-11-9-12(18-7-4-8-25(18,22)23)5-6-13(11)14(19)17-16(2,10-24-3)15(20)21/h5-6,9H,4,7-8,10H2,1-3H3,(H,17,19)(H,20,21). The number of sulfonamides is 1. The molecule has 0 aliphatic carbocycles. The monoisotopic (exact) mass is 370 g/mol. The number of amides is 1. The van der Waals surface area contributed by atoms with E-state index in [4.69, 9.17) is 4.74 Å². The van der Waals surface area contributed by atoms with Gasteiger partial charge in [0.15, 0.2) is 5.54 Å². The second-order valence-electron chi connectivity index (χ2n) is 6.27. The van der Waals surface area contributed by atoms with E-state index in [0.717, 1.165) is 0 Å². The zero-order chi connectivity index (χ0) is 18.8. The molecule has 2 rings (SSSR count). The lowest BCUT2D eigenvalue weighted by Crippen LogP contribution is -2.55. The minimum Gasteiger partial charge on any atom is -0.479 e. The number of anilines is 1. The van der Waals surface area contributed by atoms with Gasteiger partial charge in [0.1, 0.15) is 0 Å². The van der Waals surface area contributed by atoms with E-state index in [1.165, 1.54) is 24.4 Å². The average molecular weight is 370 g/mol. The van der Waals surface area contributed by atoms with Gasteiger partial charge in [-0.1, -0.05) is 0 Å². The highest BCUT2D eigenvalue weighted by molar-refractivity contribution is 7.93. The SMILES string of the molecule is COCC(C)(NC(=O)c1ccc(N2CCCS2(=O)=O)cc1C)C(=O)O. The number of carbonyl (C=O) groups is 2. The van der Waals surface area contributed by atoms with E-state index >= 15 is 0 Å². The van der Waals surface area contributed by atoms with Gasteiger partial charge in [0.25, 0.3) is 5.91 Å². The molecule has 1 saturated heterocycles. The summed E-state index contributed by atoms with van der Waals surface area (Å²) >= 11 is 0. The number of carboxylic acid groups (broad SMARTS) is 1. The molecule has 1 aliphatic rings. The van der Waals surface area contributed by atoms with Crippen LogP contribution in [0.4, 0.5) is 5.69 Å². The summed E-state index contributed by atoms with van der Waals surface area (Å²) in [7, 11) is -1.95. The van der Waals surface area contributed by atoms with Crippen LogP contribution in [0.1, 0.15) is 29.3 Å². The summed E-state index contributed by atoms with van der Waals surface area (Å²) < 4.78 is 30.2. The van der Waals surface area contributed by atoms with E-state index in [2.05, 4.69) is 5.32 Å². The average Bonchev–Trinajstić information content (AvgIpc) is 2.86. The van der Waals surface area contributed by atoms with Crippen molar-refractivity contribution in [1.29, 1.82) is 0 Å². The Morgan fingerprint density at radius 1 is 1.40 bits per heavy atom. The lowest BCUT2D eigenvalue weighted by atomic mass is 10.0. The first-order valence-electron chi connectivity index (χ1n) is 7.76. The van der Waals surface area contributed by atoms with Crippen molar-refractivity contribution in [3.05, 3.63) is 29.3 Å². The van der Waals surface area contributed by atoms with Crippen LogP contribution in [-0.4, -0.2) is 57.0 Å². The van der Waals surface area contributed by atoms with Gasteiger partial charge in [0, 0.05) is 19.2 Å². The van der Waals surface area contributed by atoms with Crippen molar-refractivity contribution in [2.24, 2.45) is 0 Å². The third-order valence-corrected chi connectivity index (χ3v) is 6.01. The van der Waals surface area contributed by atoms with Gasteiger partial charge in [0.05, 0.1) is 18.0 Å². The van der Waals surface area contributed by atoms with Crippen LogP contribution in [0, 0.1) is 6.92 Å².